The summed E-state index contributed by atoms with van der Waals surface area (Å²) in [5.41, 5.74) is 6.42. The van der Waals surface area contributed by atoms with Crippen molar-refractivity contribution in [1.82, 2.24) is 4.98 Å². The van der Waals surface area contributed by atoms with Crippen LogP contribution in [0.5, 0.6) is 5.75 Å². The van der Waals surface area contributed by atoms with Crippen LogP contribution in [-0.4, -0.2) is 11.1 Å². The molecule has 3 nitrogen and oxygen atoms in total. The standard InChI is InChI=1S/C14H22N2O/c1-2-11-3-6-13(7-4-11)17-14-8-5-12(9-15)16-10-14/h5,8,10-11,13H,2-4,6-7,9,15H2,1H3. The molecule has 1 heterocycles. The van der Waals surface area contributed by atoms with Crippen molar-refractivity contribution < 1.29 is 4.74 Å². The summed E-state index contributed by atoms with van der Waals surface area (Å²) in [5.74, 6) is 1.79. The third-order valence-electron chi connectivity index (χ3n) is 3.68. The van der Waals surface area contributed by atoms with Gasteiger partial charge in [0.15, 0.2) is 0 Å². The van der Waals surface area contributed by atoms with Crippen LogP contribution in [0.1, 0.15) is 44.7 Å². The van der Waals surface area contributed by atoms with E-state index in [1.807, 2.05) is 12.1 Å². The van der Waals surface area contributed by atoms with Crippen LogP contribution in [0.3, 0.4) is 0 Å². The molecular weight excluding hydrogens is 212 g/mol. The van der Waals surface area contributed by atoms with Gasteiger partial charge < -0.3 is 10.5 Å². The van der Waals surface area contributed by atoms with Crippen LogP contribution in [0.2, 0.25) is 0 Å². The Labute approximate surface area is 103 Å². The van der Waals surface area contributed by atoms with E-state index in [1.54, 1.807) is 6.20 Å². The summed E-state index contributed by atoms with van der Waals surface area (Å²) in [6.07, 6.45) is 8.43. The van der Waals surface area contributed by atoms with Crippen LogP contribution in [0.25, 0.3) is 0 Å². The minimum atomic E-state index is 0.378. The first-order chi connectivity index (χ1) is 8.31. The van der Waals surface area contributed by atoms with Crippen molar-refractivity contribution in [3.8, 4) is 5.75 Å². The molecule has 1 fully saturated rings. The lowest BCUT2D eigenvalue weighted by molar-refractivity contribution is 0.129. The number of rotatable bonds is 4. The molecule has 0 spiro atoms. The normalized spacial score (nSPS) is 24.6. The molecule has 2 rings (SSSR count). The monoisotopic (exact) mass is 234 g/mol. The maximum atomic E-state index is 5.94. The lowest BCUT2D eigenvalue weighted by Gasteiger charge is -2.28. The van der Waals surface area contributed by atoms with Gasteiger partial charge in [0.1, 0.15) is 5.75 Å². The minimum Gasteiger partial charge on any atom is -0.489 e. The highest BCUT2D eigenvalue weighted by Gasteiger charge is 2.21. The molecule has 0 atom stereocenters. The Morgan fingerprint density at radius 3 is 2.59 bits per heavy atom. The molecule has 0 bridgehead atoms. The van der Waals surface area contributed by atoms with E-state index < -0.39 is 0 Å². The highest BCUT2D eigenvalue weighted by Crippen LogP contribution is 2.29. The number of hydrogen-bond donors (Lipinski definition) is 1. The topological polar surface area (TPSA) is 48.1 Å². The summed E-state index contributed by atoms with van der Waals surface area (Å²) in [6.45, 7) is 2.77. The Bertz CT molecular complexity index is 329. The van der Waals surface area contributed by atoms with E-state index in [4.69, 9.17) is 10.5 Å². The second-order valence-corrected chi connectivity index (χ2v) is 4.86. The zero-order valence-corrected chi connectivity index (χ0v) is 10.6. The van der Waals surface area contributed by atoms with E-state index >= 15 is 0 Å². The number of nitrogens with zero attached hydrogens (tertiary/aromatic N) is 1. The summed E-state index contributed by atoms with van der Waals surface area (Å²) < 4.78 is 5.94. The maximum absolute atomic E-state index is 5.94. The van der Waals surface area contributed by atoms with E-state index in [9.17, 15) is 0 Å². The quantitative estimate of drug-likeness (QED) is 0.871. The smallest absolute Gasteiger partial charge is 0.138 e. The summed E-state index contributed by atoms with van der Waals surface area (Å²) in [7, 11) is 0. The van der Waals surface area contributed by atoms with E-state index in [-0.39, 0.29) is 0 Å². The van der Waals surface area contributed by atoms with Gasteiger partial charge in [0.2, 0.25) is 0 Å². The molecule has 2 N–H and O–H groups in total. The lowest BCUT2D eigenvalue weighted by atomic mass is 9.86. The van der Waals surface area contributed by atoms with Crippen molar-refractivity contribution in [2.75, 3.05) is 0 Å². The van der Waals surface area contributed by atoms with Crippen molar-refractivity contribution in [2.45, 2.75) is 51.7 Å². The zero-order chi connectivity index (χ0) is 12.1. The zero-order valence-electron chi connectivity index (χ0n) is 10.6. The van der Waals surface area contributed by atoms with E-state index in [2.05, 4.69) is 11.9 Å². The summed E-state index contributed by atoms with van der Waals surface area (Å²) in [6, 6.07) is 3.91. The Hall–Kier alpha value is -1.09. The molecule has 94 valence electrons. The SMILES string of the molecule is CCC1CCC(Oc2ccc(CN)nc2)CC1. The summed E-state index contributed by atoms with van der Waals surface area (Å²) in [5, 5.41) is 0. The molecule has 1 aromatic heterocycles. The Morgan fingerprint density at radius 2 is 2.06 bits per heavy atom. The average molecular weight is 234 g/mol. The molecule has 0 aliphatic heterocycles. The van der Waals surface area contributed by atoms with Gasteiger partial charge in [-0.05, 0) is 43.7 Å². The number of aromatic nitrogens is 1. The third kappa shape index (κ3) is 3.43. The van der Waals surface area contributed by atoms with E-state index in [1.165, 1.54) is 32.1 Å². The first-order valence-corrected chi connectivity index (χ1v) is 6.63. The van der Waals surface area contributed by atoms with Gasteiger partial charge in [-0.15, -0.1) is 0 Å². The second-order valence-electron chi connectivity index (χ2n) is 4.86. The molecule has 1 saturated carbocycles. The molecule has 0 aromatic carbocycles. The fraction of sp³-hybridized carbons (Fsp3) is 0.643. The van der Waals surface area contributed by atoms with Crippen molar-refractivity contribution in [3.05, 3.63) is 24.0 Å². The molecule has 17 heavy (non-hydrogen) atoms. The predicted molar refractivity (Wildman–Crippen MR) is 68.8 cm³/mol. The lowest BCUT2D eigenvalue weighted by Crippen LogP contribution is -2.23. The number of ether oxygens (including phenoxy) is 1. The number of hydrogen-bond acceptors (Lipinski definition) is 3. The van der Waals surface area contributed by atoms with Crippen molar-refractivity contribution in [2.24, 2.45) is 11.7 Å². The van der Waals surface area contributed by atoms with Gasteiger partial charge in [0.25, 0.3) is 0 Å². The van der Waals surface area contributed by atoms with Crippen LogP contribution in [0, 0.1) is 5.92 Å². The van der Waals surface area contributed by atoms with Gasteiger partial charge in [-0.3, -0.25) is 4.98 Å². The van der Waals surface area contributed by atoms with E-state index in [0.717, 1.165) is 17.4 Å². The highest BCUT2D eigenvalue weighted by molar-refractivity contribution is 5.20. The van der Waals surface area contributed by atoms with Crippen LogP contribution in [0.15, 0.2) is 18.3 Å². The molecule has 0 saturated heterocycles. The Balaban J connectivity index is 1.84. The van der Waals surface area contributed by atoms with Gasteiger partial charge in [-0.2, -0.15) is 0 Å². The van der Waals surface area contributed by atoms with Crippen molar-refractivity contribution >= 4 is 0 Å². The van der Waals surface area contributed by atoms with Crippen LogP contribution in [-0.2, 0) is 6.54 Å². The van der Waals surface area contributed by atoms with Gasteiger partial charge in [-0.25, -0.2) is 0 Å². The Kier molecular flexibility index (Phi) is 4.37. The molecular formula is C14H22N2O. The largest absolute Gasteiger partial charge is 0.489 e. The van der Waals surface area contributed by atoms with Gasteiger partial charge in [-0.1, -0.05) is 13.3 Å². The first kappa shape index (κ1) is 12.4. The molecule has 1 aromatic rings. The first-order valence-electron chi connectivity index (χ1n) is 6.63. The number of pyridine rings is 1. The summed E-state index contributed by atoms with van der Waals surface area (Å²) in [4.78, 5) is 4.24. The van der Waals surface area contributed by atoms with Crippen LogP contribution >= 0.6 is 0 Å². The average Bonchev–Trinajstić information content (AvgIpc) is 2.40. The highest BCUT2D eigenvalue weighted by atomic mass is 16.5. The third-order valence-corrected chi connectivity index (χ3v) is 3.68. The maximum Gasteiger partial charge on any atom is 0.138 e. The molecule has 3 heteroatoms. The van der Waals surface area contributed by atoms with Gasteiger partial charge >= 0.3 is 0 Å². The second kappa shape index (κ2) is 6.01. The van der Waals surface area contributed by atoms with Crippen molar-refractivity contribution in [1.29, 1.82) is 0 Å². The molecule has 1 aliphatic carbocycles. The van der Waals surface area contributed by atoms with Gasteiger partial charge in [0, 0.05) is 6.54 Å². The molecule has 0 unspecified atom stereocenters. The molecule has 0 radical (unpaired) electrons. The van der Waals surface area contributed by atoms with Crippen LogP contribution < -0.4 is 10.5 Å². The fourth-order valence-electron chi connectivity index (χ4n) is 2.45. The molecule has 0 amide bonds. The van der Waals surface area contributed by atoms with Gasteiger partial charge in [0.05, 0.1) is 18.0 Å². The van der Waals surface area contributed by atoms with Crippen molar-refractivity contribution in [3.63, 3.8) is 0 Å². The predicted octanol–water partition coefficient (Wildman–Crippen LogP) is 2.89. The summed E-state index contributed by atoms with van der Waals surface area (Å²) >= 11 is 0. The van der Waals surface area contributed by atoms with Crippen LogP contribution in [0.4, 0.5) is 0 Å². The fourth-order valence-corrected chi connectivity index (χ4v) is 2.45. The molecule has 1 aliphatic rings. The van der Waals surface area contributed by atoms with E-state index in [0.29, 0.717) is 12.6 Å². The number of nitrogens with two attached hydrogens (primary N) is 1. The Morgan fingerprint density at radius 1 is 1.29 bits per heavy atom. The minimum absolute atomic E-state index is 0.378.